The monoisotopic (exact) mass is 306 g/mol. The SMILES string of the molecule is CC1(C)CCN(S(=O)(=O)c2cc(N)cs2)CCS1. The van der Waals surface area contributed by atoms with E-state index in [1.807, 2.05) is 11.8 Å². The molecule has 4 nitrogen and oxygen atoms in total. The fourth-order valence-corrected chi connectivity index (χ4v) is 5.72. The minimum absolute atomic E-state index is 0.152. The number of nitrogens with zero attached hydrogens (tertiary/aromatic N) is 1. The number of hydrogen-bond acceptors (Lipinski definition) is 5. The lowest BCUT2D eigenvalue weighted by Gasteiger charge is -2.22. The molecule has 2 rings (SSSR count). The van der Waals surface area contributed by atoms with Crippen molar-refractivity contribution < 1.29 is 8.42 Å². The number of nitrogens with two attached hydrogens (primary N) is 1. The number of thiophene rings is 1. The van der Waals surface area contributed by atoms with E-state index < -0.39 is 10.0 Å². The molecule has 0 saturated carbocycles. The summed E-state index contributed by atoms with van der Waals surface area (Å²) >= 11 is 3.03. The minimum atomic E-state index is -3.36. The number of anilines is 1. The van der Waals surface area contributed by atoms with Crippen LogP contribution >= 0.6 is 23.1 Å². The summed E-state index contributed by atoms with van der Waals surface area (Å²) in [5.41, 5.74) is 6.12. The van der Waals surface area contributed by atoms with Gasteiger partial charge in [0, 0.05) is 34.7 Å². The highest BCUT2D eigenvalue weighted by atomic mass is 32.2. The maximum absolute atomic E-state index is 12.4. The van der Waals surface area contributed by atoms with Crippen molar-refractivity contribution in [1.29, 1.82) is 0 Å². The highest BCUT2D eigenvalue weighted by Crippen LogP contribution is 2.33. The molecule has 2 N–H and O–H groups in total. The normalized spacial score (nSPS) is 21.7. The third kappa shape index (κ3) is 3.01. The number of nitrogen functional groups attached to an aromatic ring is 1. The van der Waals surface area contributed by atoms with E-state index in [4.69, 9.17) is 5.73 Å². The summed E-state index contributed by atoms with van der Waals surface area (Å²) in [6.45, 7) is 5.49. The lowest BCUT2D eigenvalue weighted by Crippen LogP contribution is -2.33. The molecule has 7 heteroatoms. The van der Waals surface area contributed by atoms with Crippen LogP contribution in [-0.2, 0) is 10.0 Å². The molecule has 0 unspecified atom stereocenters. The van der Waals surface area contributed by atoms with Crippen LogP contribution in [0.25, 0.3) is 0 Å². The van der Waals surface area contributed by atoms with E-state index in [0.717, 1.165) is 12.2 Å². The molecule has 1 aromatic rings. The summed E-state index contributed by atoms with van der Waals surface area (Å²) in [5, 5.41) is 1.67. The second-order valence-corrected chi connectivity index (χ2v) is 9.84. The number of sulfonamides is 1. The van der Waals surface area contributed by atoms with Crippen molar-refractivity contribution in [2.24, 2.45) is 0 Å². The van der Waals surface area contributed by atoms with Crippen molar-refractivity contribution in [1.82, 2.24) is 4.31 Å². The molecule has 1 fully saturated rings. The fourth-order valence-electron chi connectivity index (χ4n) is 1.83. The maximum atomic E-state index is 12.4. The van der Waals surface area contributed by atoms with Gasteiger partial charge in [-0.15, -0.1) is 11.3 Å². The Balaban J connectivity index is 2.21. The summed E-state index contributed by atoms with van der Waals surface area (Å²) in [5.74, 6) is 0.840. The summed E-state index contributed by atoms with van der Waals surface area (Å²) in [6.07, 6.45) is 0.873. The molecule has 1 aromatic heterocycles. The number of rotatable bonds is 2. The molecule has 0 radical (unpaired) electrons. The average Bonchev–Trinajstić information content (AvgIpc) is 2.61. The van der Waals surface area contributed by atoms with Gasteiger partial charge >= 0.3 is 0 Å². The molecule has 102 valence electrons. The molecule has 1 aliphatic heterocycles. The van der Waals surface area contributed by atoms with Gasteiger partial charge in [0.25, 0.3) is 10.0 Å². The Morgan fingerprint density at radius 2 is 2.11 bits per heavy atom. The van der Waals surface area contributed by atoms with Crippen molar-refractivity contribution in [2.45, 2.75) is 29.2 Å². The zero-order chi connectivity index (χ0) is 13.4. The first kappa shape index (κ1) is 14.2. The van der Waals surface area contributed by atoms with Gasteiger partial charge in [-0.05, 0) is 12.5 Å². The van der Waals surface area contributed by atoms with E-state index in [0.29, 0.717) is 23.0 Å². The van der Waals surface area contributed by atoms with Gasteiger partial charge in [-0.3, -0.25) is 0 Å². The van der Waals surface area contributed by atoms with Crippen LogP contribution in [0.4, 0.5) is 5.69 Å². The van der Waals surface area contributed by atoms with Gasteiger partial charge in [0.1, 0.15) is 4.21 Å². The Morgan fingerprint density at radius 1 is 1.39 bits per heavy atom. The van der Waals surface area contributed by atoms with Gasteiger partial charge in [0.05, 0.1) is 0 Å². The third-order valence-electron chi connectivity index (χ3n) is 2.99. The summed E-state index contributed by atoms with van der Waals surface area (Å²) in [6, 6.07) is 1.54. The summed E-state index contributed by atoms with van der Waals surface area (Å²) in [4.78, 5) is 0. The highest BCUT2D eigenvalue weighted by Gasteiger charge is 2.31. The Hall–Kier alpha value is -0.240. The van der Waals surface area contributed by atoms with Gasteiger partial charge in [0.2, 0.25) is 0 Å². The molecule has 1 aliphatic rings. The van der Waals surface area contributed by atoms with Gasteiger partial charge in [-0.25, -0.2) is 8.42 Å². The van der Waals surface area contributed by atoms with Gasteiger partial charge in [0.15, 0.2) is 0 Å². The first-order valence-corrected chi connectivity index (χ1v) is 9.10. The molecule has 2 heterocycles. The van der Waals surface area contributed by atoms with Gasteiger partial charge < -0.3 is 5.73 Å². The van der Waals surface area contributed by atoms with Crippen molar-refractivity contribution in [2.75, 3.05) is 24.6 Å². The lowest BCUT2D eigenvalue weighted by molar-refractivity contribution is 0.416. The second kappa shape index (κ2) is 5.03. The molecule has 0 aliphatic carbocycles. The van der Waals surface area contributed by atoms with Crippen molar-refractivity contribution >= 4 is 38.8 Å². The zero-order valence-electron chi connectivity index (χ0n) is 10.5. The van der Waals surface area contributed by atoms with Crippen molar-refractivity contribution in [3.8, 4) is 0 Å². The molecular weight excluding hydrogens is 288 g/mol. The molecule has 0 atom stereocenters. The van der Waals surface area contributed by atoms with Crippen LogP contribution in [0.3, 0.4) is 0 Å². The second-order valence-electron chi connectivity index (χ2n) is 4.96. The van der Waals surface area contributed by atoms with E-state index in [1.165, 1.54) is 11.3 Å². The van der Waals surface area contributed by atoms with Crippen LogP contribution in [-0.4, -0.2) is 36.3 Å². The molecular formula is C11H18N2O2S3. The summed E-state index contributed by atoms with van der Waals surface area (Å²) in [7, 11) is -3.36. The standard InChI is InChI=1S/C11H18N2O2S3/c1-11(2)3-4-13(5-6-17-11)18(14,15)10-7-9(12)8-16-10/h7-8H,3-6,12H2,1-2H3. The Kier molecular flexibility index (Phi) is 3.96. The Labute approximate surface area is 117 Å². The predicted molar refractivity (Wildman–Crippen MR) is 78.6 cm³/mol. The van der Waals surface area contributed by atoms with Crippen LogP contribution in [0.15, 0.2) is 15.7 Å². The molecule has 0 amide bonds. The molecule has 0 aromatic carbocycles. The van der Waals surface area contributed by atoms with E-state index in [1.54, 1.807) is 15.8 Å². The Bertz CT molecular complexity index is 522. The Morgan fingerprint density at radius 3 is 2.72 bits per heavy atom. The minimum Gasteiger partial charge on any atom is -0.398 e. The van der Waals surface area contributed by atoms with Crippen LogP contribution in [0.2, 0.25) is 0 Å². The predicted octanol–water partition coefficient (Wildman–Crippen LogP) is 2.24. The highest BCUT2D eigenvalue weighted by molar-refractivity contribution is 8.00. The average molecular weight is 306 g/mol. The van der Waals surface area contributed by atoms with Crippen LogP contribution < -0.4 is 5.73 Å². The quantitative estimate of drug-likeness (QED) is 0.910. The molecule has 18 heavy (non-hydrogen) atoms. The summed E-state index contributed by atoms with van der Waals surface area (Å²) < 4.78 is 27.0. The van der Waals surface area contributed by atoms with Crippen LogP contribution in [0.5, 0.6) is 0 Å². The van der Waals surface area contributed by atoms with Crippen molar-refractivity contribution in [3.63, 3.8) is 0 Å². The molecule has 0 spiro atoms. The zero-order valence-corrected chi connectivity index (χ0v) is 13.0. The van der Waals surface area contributed by atoms with Crippen LogP contribution in [0, 0.1) is 0 Å². The van der Waals surface area contributed by atoms with E-state index in [-0.39, 0.29) is 4.75 Å². The van der Waals surface area contributed by atoms with Gasteiger partial charge in [-0.1, -0.05) is 13.8 Å². The fraction of sp³-hybridized carbons (Fsp3) is 0.636. The lowest BCUT2D eigenvalue weighted by atomic mass is 10.1. The van der Waals surface area contributed by atoms with E-state index in [2.05, 4.69) is 13.8 Å². The van der Waals surface area contributed by atoms with Gasteiger partial charge in [-0.2, -0.15) is 16.1 Å². The number of thioether (sulfide) groups is 1. The maximum Gasteiger partial charge on any atom is 0.252 e. The third-order valence-corrected chi connectivity index (χ3v) is 7.69. The largest absolute Gasteiger partial charge is 0.398 e. The topological polar surface area (TPSA) is 63.4 Å². The van der Waals surface area contributed by atoms with E-state index >= 15 is 0 Å². The van der Waals surface area contributed by atoms with E-state index in [9.17, 15) is 8.42 Å². The molecule has 1 saturated heterocycles. The smallest absolute Gasteiger partial charge is 0.252 e. The van der Waals surface area contributed by atoms with Crippen molar-refractivity contribution in [3.05, 3.63) is 11.4 Å². The number of hydrogen-bond donors (Lipinski definition) is 1. The van der Waals surface area contributed by atoms with Crippen LogP contribution in [0.1, 0.15) is 20.3 Å². The molecule has 0 bridgehead atoms. The first-order valence-electron chi connectivity index (χ1n) is 5.79. The first-order chi connectivity index (χ1) is 8.31.